The molecule has 0 saturated heterocycles. The van der Waals surface area contributed by atoms with Crippen LogP contribution in [0, 0.1) is 11.3 Å². The molecule has 0 saturated carbocycles. The number of hydrogen-bond donors (Lipinski definition) is 1. The van der Waals surface area contributed by atoms with Crippen LogP contribution in [0.4, 0.5) is 5.82 Å². The Hall–Kier alpha value is -3.70. The van der Waals surface area contributed by atoms with Crippen LogP contribution in [-0.4, -0.2) is 22.8 Å². The summed E-state index contributed by atoms with van der Waals surface area (Å²) in [5.41, 5.74) is 4.84. The molecular formula is C20H15N5O2S. The van der Waals surface area contributed by atoms with Crippen LogP contribution >= 0.6 is 11.3 Å². The van der Waals surface area contributed by atoms with E-state index in [1.807, 2.05) is 31.2 Å². The predicted octanol–water partition coefficient (Wildman–Crippen LogP) is 4.67. The van der Waals surface area contributed by atoms with Gasteiger partial charge >= 0.3 is 0 Å². The molecular weight excluding hydrogens is 374 g/mol. The number of hydrazone groups is 1. The third-order valence-electron chi connectivity index (χ3n) is 3.92. The average Bonchev–Trinajstić information content (AvgIpc) is 3.36. The molecule has 1 aromatic carbocycles. The molecule has 28 heavy (non-hydrogen) atoms. The quantitative estimate of drug-likeness (QED) is 0.380. The van der Waals surface area contributed by atoms with E-state index in [-0.39, 0.29) is 0 Å². The molecule has 1 N–H and O–H groups in total. The Kier molecular flexibility index (Phi) is 4.99. The minimum Gasteiger partial charge on any atom is -0.493 e. The van der Waals surface area contributed by atoms with Crippen molar-refractivity contribution in [2.45, 2.75) is 6.92 Å². The number of aromatic nitrogens is 2. The maximum atomic E-state index is 9.77. The molecule has 0 spiro atoms. The SMILES string of the molecule is CCOc1ccccc1-c1sc2c(N/N=C/c3ccco3)ncnc2c1C#N. The largest absolute Gasteiger partial charge is 0.493 e. The Morgan fingerprint density at radius 2 is 2.18 bits per heavy atom. The summed E-state index contributed by atoms with van der Waals surface area (Å²) >= 11 is 1.43. The van der Waals surface area contributed by atoms with Crippen molar-refractivity contribution in [3.63, 3.8) is 0 Å². The molecule has 4 rings (SSSR count). The number of nitrogens with zero attached hydrogens (tertiary/aromatic N) is 4. The molecule has 0 unspecified atom stereocenters. The van der Waals surface area contributed by atoms with Gasteiger partial charge in [-0.1, -0.05) is 12.1 Å². The first-order valence-electron chi connectivity index (χ1n) is 8.54. The molecule has 0 aliphatic carbocycles. The standard InChI is InChI=1S/C20H15N5O2S/c1-2-26-16-8-4-3-7-14(16)18-15(10-21)17-19(28-18)20(23-12-22-17)25-24-11-13-6-5-9-27-13/h3-9,11-12H,2H2,1H3,(H,22,23,25)/b24-11+. The third kappa shape index (κ3) is 3.31. The number of benzene rings is 1. The molecule has 8 heteroatoms. The lowest BCUT2D eigenvalue weighted by atomic mass is 10.1. The molecule has 7 nitrogen and oxygen atoms in total. The number of furan rings is 1. The minimum absolute atomic E-state index is 0.493. The average molecular weight is 389 g/mol. The number of nitrogens with one attached hydrogen (secondary N) is 1. The number of nitriles is 1. The second-order valence-electron chi connectivity index (χ2n) is 5.63. The van der Waals surface area contributed by atoms with E-state index in [9.17, 15) is 5.26 Å². The fourth-order valence-electron chi connectivity index (χ4n) is 2.74. The first-order chi connectivity index (χ1) is 13.8. The summed E-state index contributed by atoms with van der Waals surface area (Å²) in [6, 6.07) is 13.5. The highest BCUT2D eigenvalue weighted by atomic mass is 32.1. The summed E-state index contributed by atoms with van der Waals surface area (Å²) in [5, 5.41) is 13.9. The first kappa shape index (κ1) is 17.7. The van der Waals surface area contributed by atoms with E-state index in [1.165, 1.54) is 17.7 Å². The van der Waals surface area contributed by atoms with Gasteiger partial charge in [-0.05, 0) is 31.2 Å². The number of anilines is 1. The van der Waals surface area contributed by atoms with Crippen LogP contribution < -0.4 is 10.2 Å². The molecule has 3 aromatic heterocycles. The van der Waals surface area contributed by atoms with Crippen LogP contribution in [0.1, 0.15) is 18.2 Å². The summed E-state index contributed by atoms with van der Waals surface area (Å²) in [7, 11) is 0. The van der Waals surface area contributed by atoms with Crippen molar-refractivity contribution in [1.82, 2.24) is 9.97 Å². The molecule has 3 heterocycles. The van der Waals surface area contributed by atoms with Gasteiger partial charge in [0.25, 0.3) is 0 Å². The smallest absolute Gasteiger partial charge is 0.167 e. The lowest BCUT2D eigenvalue weighted by molar-refractivity contribution is 0.341. The number of thiophene rings is 1. The number of rotatable bonds is 6. The molecule has 0 radical (unpaired) electrons. The van der Waals surface area contributed by atoms with E-state index in [0.717, 1.165) is 20.9 Å². The number of fused-ring (bicyclic) bond motifs is 1. The predicted molar refractivity (Wildman–Crippen MR) is 109 cm³/mol. The molecule has 4 aromatic rings. The number of ether oxygens (including phenoxy) is 1. The first-order valence-corrected chi connectivity index (χ1v) is 9.35. The summed E-state index contributed by atoms with van der Waals surface area (Å²) in [6.45, 7) is 2.47. The number of para-hydroxylation sites is 1. The molecule has 0 atom stereocenters. The maximum absolute atomic E-state index is 9.77. The van der Waals surface area contributed by atoms with Crippen molar-refractivity contribution < 1.29 is 9.15 Å². The normalized spacial score (nSPS) is 11.0. The Bertz CT molecular complexity index is 1180. The second kappa shape index (κ2) is 7.90. The van der Waals surface area contributed by atoms with Crippen LogP contribution in [0.3, 0.4) is 0 Å². The summed E-state index contributed by atoms with van der Waals surface area (Å²) < 4.78 is 11.7. The molecule has 138 valence electrons. The van der Waals surface area contributed by atoms with Crippen molar-refractivity contribution >= 4 is 33.6 Å². The van der Waals surface area contributed by atoms with Gasteiger partial charge in [0, 0.05) is 5.56 Å². The van der Waals surface area contributed by atoms with E-state index >= 15 is 0 Å². The Morgan fingerprint density at radius 3 is 2.96 bits per heavy atom. The zero-order valence-electron chi connectivity index (χ0n) is 14.9. The third-order valence-corrected chi connectivity index (χ3v) is 5.14. The maximum Gasteiger partial charge on any atom is 0.167 e. The van der Waals surface area contributed by atoms with Crippen molar-refractivity contribution in [2.75, 3.05) is 12.0 Å². The van der Waals surface area contributed by atoms with Gasteiger partial charge in [-0.3, -0.25) is 5.43 Å². The molecule has 0 aliphatic rings. The topological polar surface area (TPSA) is 96.3 Å². The van der Waals surface area contributed by atoms with E-state index < -0.39 is 0 Å². The van der Waals surface area contributed by atoms with Gasteiger partial charge in [-0.2, -0.15) is 10.4 Å². The summed E-state index contributed by atoms with van der Waals surface area (Å²) in [6.07, 6.45) is 4.54. The highest BCUT2D eigenvalue weighted by Crippen LogP contribution is 2.43. The molecule has 0 amide bonds. The summed E-state index contributed by atoms with van der Waals surface area (Å²) in [5.74, 6) is 1.87. The van der Waals surface area contributed by atoms with Crippen LogP contribution in [0.15, 0.2) is 58.5 Å². The molecule has 0 fully saturated rings. The second-order valence-corrected chi connectivity index (χ2v) is 6.65. The van der Waals surface area contributed by atoms with E-state index in [2.05, 4.69) is 26.6 Å². The van der Waals surface area contributed by atoms with E-state index in [1.54, 1.807) is 24.6 Å². The van der Waals surface area contributed by atoms with Crippen LogP contribution in [-0.2, 0) is 0 Å². The van der Waals surface area contributed by atoms with Crippen LogP contribution in [0.25, 0.3) is 20.7 Å². The molecule has 0 aliphatic heterocycles. The van der Waals surface area contributed by atoms with Crippen molar-refractivity contribution in [1.29, 1.82) is 5.26 Å². The van der Waals surface area contributed by atoms with E-state index in [4.69, 9.17) is 9.15 Å². The number of hydrogen-bond acceptors (Lipinski definition) is 8. The fraction of sp³-hybridized carbons (Fsp3) is 0.100. The van der Waals surface area contributed by atoms with Gasteiger partial charge in [-0.15, -0.1) is 11.3 Å². The van der Waals surface area contributed by atoms with Crippen molar-refractivity contribution in [2.24, 2.45) is 5.10 Å². The summed E-state index contributed by atoms with van der Waals surface area (Å²) in [4.78, 5) is 9.38. The van der Waals surface area contributed by atoms with Gasteiger partial charge in [-0.25, -0.2) is 9.97 Å². The Labute approximate surface area is 164 Å². The lowest BCUT2D eigenvalue weighted by Crippen LogP contribution is -1.94. The van der Waals surface area contributed by atoms with Gasteiger partial charge in [0.2, 0.25) is 0 Å². The van der Waals surface area contributed by atoms with Crippen LogP contribution in [0.5, 0.6) is 5.75 Å². The fourth-order valence-corrected chi connectivity index (χ4v) is 3.91. The van der Waals surface area contributed by atoms with Gasteiger partial charge in [0.15, 0.2) is 5.82 Å². The Balaban J connectivity index is 1.79. The highest BCUT2D eigenvalue weighted by molar-refractivity contribution is 7.23. The highest BCUT2D eigenvalue weighted by Gasteiger charge is 2.20. The van der Waals surface area contributed by atoms with Gasteiger partial charge in [0.1, 0.15) is 29.4 Å². The zero-order chi connectivity index (χ0) is 19.3. The zero-order valence-corrected chi connectivity index (χ0v) is 15.7. The monoisotopic (exact) mass is 389 g/mol. The van der Waals surface area contributed by atoms with Gasteiger partial charge in [0.05, 0.1) is 34.2 Å². The van der Waals surface area contributed by atoms with Crippen LogP contribution in [0.2, 0.25) is 0 Å². The Morgan fingerprint density at radius 1 is 1.29 bits per heavy atom. The minimum atomic E-state index is 0.493. The van der Waals surface area contributed by atoms with Crippen molar-refractivity contribution in [3.05, 3.63) is 60.3 Å². The molecule has 0 bridgehead atoms. The lowest BCUT2D eigenvalue weighted by Gasteiger charge is -2.08. The van der Waals surface area contributed by atoms with Gasteiger partial charge < -0.3 is 9.15 Å². The van der Waals surface area contributed by atoms with E-state index in [0.29, 0.717) is 29.3 Å². The van der Waals surface area contributed by atoms with Crippen molar-refractivity contribution in [3.8, 4) is 22.3 Å².